The van der Waals surface area contributed by atoms with Gasteiger partial charge in [0.1, 0.15) is 5.82 Å². The maximum absolute atomic E-state index is 15.1. The molecule has 4 rings (SSSR count). The van der Waals surface area contributed by atoms with E-state index in [9.17, 15) is 9.18 Å². The molecule has 0 fully saturated rings. The second-order valence-corrected chi connectivity index (χ2v) is 8.02. The summed E-state index contributed by atoms with van der Waals surface area (Å²) in [5, 5.41) is 0. The molecule has 176 valence electrons. The van der Waals surface area contributed by atoms with Gasteiger partial charge in [-0.25, -0.2) is 4.39 Å². The van der Waals surface area contributed by atoms with Crippen molar-refractivity contribution >= 4 is 11.5 Å². The lowest BCUT2D eigenvalue weighted by molar-refractivity contribution is -0.187. The number of halogens is 4. The van der Waals surface area contributed by atoms with Gasteiger partial charge >= 0.3 is 6.18 Å². The second-order valence-electron chi connectivity index (χ2n) is 8.02. The number of hydrogen-bond donors (Lipinski definition) is 0. The summed E-state index contributed by atoms with van der Waals surface area (Å²) in [4.78, 5) is 17.5. The van der Waals surface area contributed by atoms with E-state index in [1.807, 2.05) is 0 Å². The van der Waals surface area contributed by atoms with E-state index >= 15 is 13.2 Å². The molecule has 35 heavy (non-hydrogen) atoms. The summed E-state index contributed by atoms with van der Waals surface area (Å²) < 4.78 is 58.9. The predicted octanol–water partition coefficient (Wildman–Crippen LogP) is 7.39. The van der Waals surface area contributed by atoms with Gasteiger partial charge in [0.15, 0.2) is 11.3 Å². The molecule has 0 spiro atoms. The lowest BCUT2D eigenvalue weighted by Gasteiger charge is -2.33. The quantitative estimate of drug-likeness (QED) is 0.156. The third kappa shape index (κ3) is 5.22. The van der Waals surface area contributed by atoms with Crippen LogP contribution in [-0.4, -0.2) is 17.7 Å². The SMILES string of the molecule is O=C(CC(N=C(c1ccccc1)c1ccccc1)(c1ccc(F)cc1)C(F)(F)F)c1ccccc1. The zero-order valence-electron chi connectivity index (χ0n) is 18.5. The summed E-state index contributed by atoms with van der Waals surface area (Å²) in [6, 6.07) is 28.7. The van der Waals surface area contributed by atoms with E-state index in [1.54, 1.807) is 78.9 Å². The lowest BCUT2D eigenvalue weighted by atomic mass is 9.82. The number of carbonyl (C=O) groups excluding carboxylic acids is 1. The Hall–Kier alpha value is -4.06. The maximum atomic E-state index is 15.1. The highest BCUT2D eigenvalue weighted by Crippen LogP contribution is 2.46. The minimum absolute atomic E-state index is 0.0775. The molecule has 0 amide bonds. The van der Waals surface area contributed by atoms with Crippen molar-refractivity contribution < 1.29 is 22.4 Å². The number of hydrogen-bond acceptors (Lipinski definition) is 2. The Morgan fingerprint density at radius 3 is 1.49 bits per heavy atom. The maximum Gasteiger partial charge on any atom is 0.418 e. The van der Waals surface area contributed by atoms with Gasteiger partial charge in [0, 0.05) is 23.1 Å². The minimum atomic E-state index is -4.97. The zero-order chi connectivity index (χ0) is 24.9. The first-order chi connectivity index (χ1) is 16.8. The van der Waals surface area contributed by atoms with E-state index in [1.165, 1.54) is 12.1 Å². The van der Waals surface area contributed by atoms with Crippen LogP contribution in [0.3, 0.4) is 0 Å². The van der Waals surface area contributed by atoms with Crippen LogP contribution in [0.25, 0.3) is 0 Å². The van der Waals surface area contributed by atoms with Crippen molar-refractivity contribution in [1.29, 1.82) is 0 Å². The van der Waals surface area contributed by atoms with Gasteiger partial charge < -0.3 is 0 Å². The van der Waals surface area contributed by atoms with E-state index in [4.69, 9.17) is 0 Å². The van der Waals surface area contributed by atoms with Crippen LogP contribution in [0.4, 0.5) is 17.6 Å². The van der Waals surface area contributed by atoms with Gasteiger partial charge in [0.2, 0.25) is 0 Å². The largest absolute Gasteiger partial charge is 0.418 e. The highest BCUT2D eigenvalue weighted by molar-refractivity contribution is 6.13. The molecule has 0 aromatic heterocycles. The molecule has 1 unspecified atom stereocenters. The molecule has 0 radical (unpaired) electrons. The molecule has 1 atom stereocenters. The van der Waals surface area contributed by atoms with Crippen LogP contribution in [-0.2, 0) is 5.54 Å². The van der Waals surface area contributed by atoms with Crippen LogP contribution in [0.2, 0.25) is 0 Å². The minimum Gasteiger partial charge on any atom is -0.294 e. The fraction of sp³-hybridized carbons (Fsp3) is 0.103. The standard InChI is InChI=1S/C29H21F4NO/c30-25-18-16-24(17-19-25)28(29(31,32)33,20-26(35)21-10-4-1-5-11-21)34-27(22-12-6-2-7-13-22)23-14-8-3-9-15-23/h1-19H,20H2. The zero-order valence-corrected chi connectivity index (χ0v) is 18.5. The average Bonchev–Trinajstić information content (AvgIpc) is 2.88. The summed E-state index contributed by atoms with van der Waals surface area (Å²) >= 11 is 0. The van der Waals surface area contributed by atoms with Crippen LogP contribution in [0.15, 0.2) is 120 Å². The van der Waals surface area contributed by atoms with Crippen molar-refractivity contribution in [3.63, 3.8) is 0 Å². The van der Waals surface area contributed by atoms with E-state index in [0.717, 1.165) is 24.3 Å². The van der Waals surface area contributed by atoms with Crippen LogP contribution in [0.1, 0.15) is 33.5 Å². The molecule has 2 nitrogen and oxygen atoms in total. The van der Waals surface area contributed by atoms with Gasteiger partial charge in [-0.1, -0.05) is 103 Å². The Kier molecular flexibility index (Phi) is 6.92. The molecule has 0 heterocycles. The highest BCUT2D eigenvalue weighted by atomic mass is 19.4. The Bertz CT molecular complexity index is 1260. The van der Waals surface area contributed by atoms with Gasteiger partial charge in [-0.3, -0.25) is 9.79 Å². The average molecular weight is 475 g/mol. The molecular formula is C29H21F4NO. The van der Waals surface area contributed by atoms with Crippen molar-refractivity contribution in [1.82, 2.24) is 0 Å². The van der Waals surface area contributed by atoms with Crippen molar-refractivity contribution in [2.45, 2.75) is 18.1 Å². The third-order valence-corrected chi connectivity index (χ3v) is 5.70. The normalized spacial score (nSPS) is 13.0. The molecule has 0 saturated heterocycles. The molecule has 0 N–H and O–H groups in total. The number of rotatable bonds is 7. The van der Waals surface area contributed by atoms with Crippen molar-refractivity contribution in [2.75, 3.05) is 0 Å². The Labute approximate surface area is 200 Å². The predicted molar refractivity (Wildman–Crippen MR) is 128 cm³/mol. The number of Topliss-reactive ketones (excluding diaryl/α,β-unsaturated/α-hetero) is 1. The van der Waals surface area contributed by atoms with Crippen molar-refractivity contribution in [2.24, 2.45) is 4.99 Å². The van der Waals surface area contributed by atoms with Gasteiger partial charge in [0.05, 0.1) is 5.71 Å². The van der Waals surface area contributed by atoms with Gasteiger partial charge in [-0.05, 0) is 17.7 Å². The monoisotopic (exact) mass is 475 g/mol. The topological polar surface area (TPSA) is 29.4 Å². The molecular weight excluding hydrogens is 454 g/mol. The summed E-state index contributed by atoms with van der Waals surface area (Å²) in [6.07, 6.45) is -5.95. The van der Waals surface area contributed by atoms with E-state index in [2.05, 4.69) is 4.99 Å². The van der Waals surface area contributed by atoms with Crippen LogP contribution >= 0.6 is 0 Å². The van der Waals surface area contributed by atoms with Gasteiger partial charge in [-0.15, -0.1) is 0 Å². The lowest BCUT2D eigenvalue weighted by Crippen LogP contribution is -2.43. The summed E-state index contributed by atoms with van der Waals surface area (Å²) in [5.74, 6) is -1.41. The molecule has 0 aliphatic rings. The summed E-state index contributed by atoms with van der Waals surface area (Å²) in [6.45, 7) is 0. The number of carbonyl (C=O) groups is 1. The molecule has 0 bridgehead atoms. The van der Waals surface area contributed by atoms with Crippen molar-refractivity contribution in [3.8, 4) is 0 Å². The smallest absolute Gasteiger partial charge is 0.294 e. The molecule has 6 heteroatoms. The molecule has 4 aromatic rings. The first-order valence-corrected chi connectivity index (χ1v) is 10.9. The van der Waals surface area contributed by atoms with E-state index in [-0.39, 0.29) is 16.8 Å². The fourth-order valence-electron chi connectivity index (χ4n) is 3.90. The Morgan fingerprint density at radius 1 is 0.629 bits per heavy atom. The van der Waals surface area contributed by atoms with Crippen LogP contribution in [0, 0.1) is 5.82 Å². The molecule has 0 saturated carbocycles. The van der Waals surface area contributed by atoms with E-state index in [0.29, 0.717) is 11.1 Å². The summed E-state index contributed by atoms with van der Waals surface area (Å²) in [5.41, 5.74) is -2.13. The molecule has 0 aliphatic heterocycles. The molecule has 4 aromatic carbocycles. The number of aliphatic imine (C=N–C) groups is 1. The number of ketones is 1. The first kappa shape index (κ1) is 24.1. The molecule has 0 aliphatic carbocycles. The summed E-state index contributed by atoms with van der Waals surface area (Å²) in [7, 11) is 0. The fourth-order valence-corrected chi connectivity index (χ4v) is 3.90. The van der Waals surface area contributed by atoms with Crippen LogP contribution in [0.5, 0.6) is 0 Å². The number of alkyl halides is 3. The number of benzene rings is 4. The number of nitrogens with zero attached hydrogens (tertiary/aromatic N) is 1. The van der Waals surface area contributed by atoms with Crippen LogP contribution < -0.4 is 0 Å². The highest BCUT2D eigenvalue weighted by Gasteiger charge is 2.57. The Balaban J connectivity index is 2.00. The van der Waals surface area contributed by atoms with Crippen molar-refractivity contribution in [3.05, 3.63) is 143 Å². The van der Waals surface area contributed by atoms with Gasteiger partial charge in [0.25, 0.3) is 0 Å². The first-order valence-electron chi connectivity index (χ1n) is 10.9. The van der Waals surface area contributed by atoms with Gasteiger partial charge in [-0.2, -0.15) is 13.2 Å². The Morgan fingerprint density at radius 2 is 1.06 bits per heavy atom. The third-order valence-electron chi connectivity index (χ3n) is 5.70. The van der Waals surface area contributed by atoms with E-state index < -0.39 is 29.7 Å². The second kappa shape index (κ2) is 10.1.